The fraction of sp³-hybridized carbons (Fsp3) is 0.750. The molecule has 96 valence electrons. The van der Waals surface area contributed by atoms with Gasteiger partial charge in [-0.25, -0.2) is 0 Å². The first-order valence-corrected chi connectivity index (χ1v) is 7.27. The monoisotopic (exact) mass is 255 g/mol. The van der Waals surface area contributed by atoms with Crippen molar-refractivity contribution in [2.24, 2.45) is 7.05 Å². The Morgan fingerprint density at radius 3 is 2.94 bits per heavy atom. The maximum absolute atomic E-state index is 5.32. The van der Waals surface area contributed by atoms with Gasteiger partial charge in [0.05, 0.1) is 18.3 Å². The van der Waals surface area contributed by atoms with Gasteiger partial charge >= 0.3 is 0 Å². The number of aromatic nitrogens is 2. The Kier molecular flexibility index (Phi) is 4.88. The zero-order valence-electron chi connectivity index (χ0n) is 10.6. The van der Waals surface area contributed by atoms with Crippen molar-refractivity contribution >= 4 is 11.8 Å². The second-order valence-corrected chi connectivity index (χ2v) is 5.67. The van der Waals surface area contributed by atoms with E-state index in [1.165, 1.54) is 30.0 Å². The van der Waals surface area contributed by atoms with Crippen LogP contribution in [0.4, 0.5) is 0 Å². The minimum absolute atomic E-state index is 0.251. The van der Waals surface area contributed by atoms with Crippen LogP contribution in [0.2, 0.25) is 0 Å². The zero-order chi connectivity index (χ0) is 12.1. The summed E-state index contributed by atoms with van der Waals surface area (Å²) in [6.07, 6.45) is 4.35. The molecule has 1 aliphatic rings. The summed E-state index contributed by atoms with van der Waals surface area (Å²) in [7, 11) is 3.73. The number of methoxy groups -OCH3 is 1. The Labute approximate surface area is 107 Å². The summed E-state index contributed by atoms with van der Waals surface area (Å²) < 4.78 is 7.24. The third-order valence-electron chi connectivity index (χ3n) is 3.21. The van der Waals surface area contributed by atoms with E-state index in [4.69, 9.17) is 4.74 Å². The van der Waals surface area contributed by atoms with E-state index in [1.807, 2.05) is 17.9 Å². The van der Waals surface area contributed by atoms with Crippen LogP contribution >= 0.6 is 11.8 Å². The van der Waals surface area contributed by atoms with E-state index < -0.39 is 0 Å². The van der Waals surface area contributed by atoms with Crippen LogP contribution in [0.15, 0.2) is 12.3 Å². The summed E-state index contributed by atoms with van der Waals surface area (Å²) in [5.74, 6) is 2.53. The van der Waals surface area contributed by atoms with E-state index in [0.717, 1.165) is 0 Å². The maximum Gasteiger partial charge on any atom is 0.0731 e. The van der Waals surface area contributed by atoms with Crippen LogP contribution in [0, 0.1) is 0 Å². The lowest BCUT2D eigenvalue weighted by Gasteiger charge is -2.28. The molecule has 1 N–H and O–H groups in total. The first-order chi connectivity index (χ1) is 8.31. The molecular weight excluding hydrogens is 234 g/mol. The molecule has 0 amide bonds. The molecule has 0 spiro atoms. The van der Waals surface area contributed by atoms with Gasteiger partial charge in [-0.15, -0.1) is 0 Å². The highest BCUT2D eigenvalue weighted by molar-refractivity contribution is 7.99. The van der Waals surface area contributed by atoms with Crippen LogP contribution in [0.3, 0.4) is 0 Å². The summed E-state index contributed by atoms with van der Waals surface area (Å²) in [4.78, 5) is 0. The fourth-order valence-electron chi connectivity index (χ4n) is 2.26. The van der Waals surface area contributed by atoms with Gasteiger partial charge in [-0.2, -0.15) is 16.9 Å². The van der Waals surface area contributed by atoms with E-state index in [0.29, 0.717) is 12.6 Å². The van der Waals surface area contributed by atoms with Crippen LogP contribution < -0.4 is 5.32 Å². The normalized spacial score (nSPS) is 19.4. The molecule has 4 nitrogen and oxygen atoms in total. The predicted octanol–water partition coefficient (Wildman–Crippen LogP) is 1.59. The summed E-state index contributed by atoms with van der Waals surface area (Å²) >= 11 is 2.05. The van der Waals surface area contributed by atoms with E-state index >= 15 is 0 Å². The summed E-state index contributed by atoms with van der Waals surface area (Å²) in [5.41, 5.74) is 1.20. The smallest absolute Gasteiger partial charge is 0.0731 e. The number of thioether (sulfide) groups is 1. The van der Waals surface area contributed by atoms with E-state index in [-0.39, 0.29) is 6.04 Å². The summed E-state index contributed by atoms with van der Waals surface area (Å²) in [6.45, 7) is 0.698. The Balaban J connectivity index is 1.99. The Morgan fingerprint density at radius 1 is 1.59 bits per heavy atom. The zero-order valence-corrected chi connectivity index (χ0v) is 11.4. The molecule has 0 bridgehead atoms. The van der Waals surface area contributed by atoms with Gasteiger partial charge in [0.2, 0.25) is 0 Å². The molecule has 0 radical (unpaired) electrons. The Morgan fingerprint density at radius 2 is 2.35 bits per heavy atom. The molecule has 0 saturated carbocycles. The molecule has 1 aromatic heterocycles. The minimum Gasteiger partial charge on any atom is -0.383 e. The highest BCUT2D eigenvalue weighted by Crippen LogP contribution is 2.21. The summed E-state index contributed by atoms with van der Waals surface area (Å²) in [6, 6.07) is 2.93. The average molecular weight is 255 g/mol. The van der Waals surface area contributed by atoms with Crippen LogP contribution in [-0.4, -0.2) is 41.0 Å². The van der Waals surface area contributed by atoms with Crippen LogP contribution in [0.25, 0.3) is 0 Å². The number of ether oxygens (including phenoxy) is 1. The lowest BCUT2D eigenvalue weighted by molar-refractivity contribution is 0.156. The molecule has 1 aliphatic heterocycles. The van der Waals surface area contributed by atoms with Gasteiger partial charge < -0.3 is 10.1 Å². The number of hydrogen-bond donors (Lipinski definition) is 1. The van der Waals surface area contributed by atoms with Crippen LogP contribution in [0.1, 0.15) is 24.6 Å². The largest absolute Gasteiger partial charge is 0.383 e. The Bertz CT molecular complexity index is 336. The number of nitrogens with one attached hydrogen (secondary N) is 1. The average Bonchev–Trinajstić information content (AvgIpc) is 2.76. The van der Waals surface area contributed by atoms with Crippen LogP contribution in [-0.2, 0) is 11.8 Å². The molecule has 1 aromatic rings. The molecule has 2 heterocycles. The first kappa shape index (κ1) is 12.9. The quantitative estimate of drug-likeness (QED) is 0.867. The summed E-state index contributed by atoms with van der Waals surface area (Å²) in [5, 5.41) is 7.93. The van der Waals surface area contributed by atoms with Gasteiger partial charge in [-0.05, 0) is 30.4 Å². The highest BCUT2D eigenvalue weighted by Gasteiger charge is 2.21. The number of hydrogen-bond acceptors (Lipinski definition) is 4. The molecule has 0 aromatic carbocycles. The second-order valence-electron chi connectivity index (χ2n) is 4.44. The topological polar surface area (TPSA) is 39.1 Å². The molecule has 1 atom stereocenters. The maximum atomic E-state index is 5.32. The van der Waals surface area contributed by atoms with Crippen molar-refractivity contribution in [2.75, 3.05) is 25.2 Å². The van der Waals surface area contributed by atoms with Gasteiger partial charge in [0, 0.05) is 26.4 Å². The van der Waals surface area contributed by atoms with Gasteiger partial charge in [0.1, 0.15) is 0 Å². The molecule has 17 heavy (non-hydrogen) atoms. The molecule has 1 fully saturated rings. The van der Waals surface area contributed by atoms with Crippen molar-refractivity contribution < 1.29 is 4.74 Å². The first-order valence-electron chi connectivity index (χ1n) is 6.12. The van der Waals surface area contributed by atoms with Crippen molar-refractivity contribution in [1.29, 1.82) is 0 Å². The van der Waals surface area contributed by atoms with E-state index in [1.54, 1.807) is 7.11 Å². The van der Waals surface area contributed by atoms with E-state index in [9.17, 15) is 0 Å². The molecule has 2 rings (SSSR count). The number of nitrogens with zero attached hydrogens (tertiary/aromatic N) is 2. The Hall–Kier alpha value is -0.520. The van der Waals surface area contributed by atoms with Gasteiger partial charge in [0.15, 0.2) is 0 Å². The third-order valence-corrected chi connectivity index (χ3v) is 4.26. The van der Waals surface area contributed by atoms with Gasteiger partial charge in [-0.3, -0.25) is 4.68 Å². The van der Waals surface area contributed by atoms with Crippen molar-refractivity contribution in [3.8, 4) is 0 Å². The van der Waals surface area contributed by atoms with Crippen molar-refractivity contribution in [2.45, 2.75) is 24.9 Å². The molecule has 5 heteroatoms. The SMILES string of the molecule is COCC(NC1CCSCC1)c1ccnn1C. The lowest BCUT2D eigenvalue weighted by atomic mass is 10.1. The van der Waals surface area contributed by atoms with Gasteiger partial charge in [0.25, 0.3) is 0 Å². The molecule has 1 unspecified atom stereocenters. The second kappa shape index (κ2) is 6.42. The van der Waals surface area contributed by atoms with E-state index in [2.05, 4.69) is 28.2 Å². The lowest BCUT2D eigenvalue weighted by Crippen LogP contribution is -2.38. The third kappa shape index (κ3) is 3.47. The van der Waals surface area contributed by atoms with Crippen LogP contribution in [0.5, 0.6) is 0 Å². The fourth-order valence-corrected chi connectivity index (χ4v) is 3.37. The van der Waals surface area contributed by atoms with Crippen molar-refractivity contribution in [1.82, 2.24) is 15.1 Å². The highest BCUT2D eigenvalue weighted by atomic mass is 32.2. The van der Waals surface area contributed by atoms with Crippen molar-refractivity contribution in [3.05, 3.63) is 18.0 Å². The molecule has 1 saturated heterocycles. The van der Waals surface area contributed by atoms with Crippen molar-refractivity contribution in [3.63, 3.8) is 0 Å². The molecule has 0 aliphatic carbocycles. The van der Waals surface area contributed by atoms with Gasteiger partial charge in [-0.1, -0.05) is 0 Å². The predicted molar refractivity (Wildman–Crippen MR) is 71.3 cm³/mol. The minimum atomic E-state index is 0.251. The number of aryl methyl sites for hydroxylation is 1. The molecular formula is C12H21N3OS. The number of rotatable bonds is 5. The standard InChI is InChI=1S/C12H21N3OS/c1-15-12(3-6-13-15)11(9-16-2)14-10-4-7-17-8-5-10/h3,6,10-11,14H,4-5,7-9H2,1-2H3.